The largest absolute Gasteiger partial charge is 0.385 e. The molecule has 2 nitrogen and oxygen atoms in total. The minimum Gasteiger partial charge on any atom is -0.385 e. The summed E-state index contributed by atoms with van der Waals surface area (Å²) >= 11 is 0. The number of ether oxygens (including phenoxy) is 1. The normalized spacial score (nSPS) is 20.5. The molecule has 0 amide bonds. The van der Waals surface area contributed by atoms with Crippen molar-refractivity contribution < 1.29 is 9.84 Å². The predicted molar refractivity (Wildman–Crippen MR) is 55.0 cm³/mol. The maximum absolute atomic E-state index is 10.1. The maximum atomic E-state index is 10.1. The molecule has 0 radical (unpaired) electrons. The standard InChI is InChI=1S/C12H16O2/c1-9(14-2)10-5-3-4-6-11(10)12(13)7-8-12/h3-6,9,13H,7-8H2,1-2H3. The lowest BCUT2D eigenvalue weighted by atomic mass is 9.97. The van der Waals surface area contributed by atoms with Crippen molar-refractivity contribution in [2.24, 2.45) is 0 Å². The third-order valence-corrected chi connectivity index (χ3v) is 2.98. The van der Waals surface area contributed by atoms with Crippen LogP contribution in [0.15, 0.2) is 24.3 Å². The first kappa shape index (κ1) is 9.69. The van der Waals surface area contributed by atoms with Crippen LogP contribution in [0.5, 0.6) is 0 Å². The Bertz CT molecular complexity index is 329. The summed E-state index contributed by atoms with van der Waals surface area (Å²) in [5.41, 5.74) is 1.58. The van der Waals surface area contributed by atoms with E-state index in [0.29, 0.717) is 0 Å². The van der Waals surface area contributed by atoms with E-state index in [1.54, 1.807) is 7.11 Å². The van der Waals surface area contributed by atoms with E-state index in [1.807, 2.05) is 31.2 Å². The molecular formula is C12H16O2. The van der Waals surface area contributed by atoms with Gasteiger partial charge in [-0.15, -0.1) is 0 Å². The molecule has 1 N–H and O–H groups in total. The Hall–Kier alpha value is -0.860. The van der Waals surface area contributed by atoms with Gasteiger partial charge in [0, 0.05) is 7.11 Å². The lowest BCUT2D eigenvalue weighted by Gasteiger charge is -2.18. The number of benzene rings is 1. The first-order chi connectivity index (χ1) is 6.67. The van der Waals surface area contributed by atoms with Crippen molar-refractivity contribution >= 4 is 0 Å². The molecule has 2 heteroatoms. The Labute approximate surface area is 84.5 Å². The molecular weight excluding hydrogens is 176 g/mol. The summed E-state index contributed by atoms with van der Waals surface area (Å²) in [5.74, 6) is 0. The zero-order valence-corrected chi connectivity index (χ0v) is 8.66. The molecule has 1 saturated carbocycles. The molecule has 0 heterocycles. The third kappa shape index (κ3) is 1.56. The van der Waals surface area contributed by atoms with E-state index in [1.165, 1.54) is 0 Å². The predicted octanol–water partition coefficient (Wildman–Crippen LogP) is 2.38. The number of hydrogen-bond donors (Lipinski definition) is 1. The fourth-order valence-electron chi connectivity index (χ4n) is 1.79. The van der Waals surface area contributed by atoms with E-state index in [2.05, 4.69) is 0 Å². The quantitative estimate of drug-likeness (QED) is 0.796. The number of aliphatic hydroxyl groups is 1. The fourth-order valence-corrected chi connectivity index (χ4v) is 1.79. The van der Waals surface area contributed by atoms with Gasteiger partial charge in [-0.3, -0.25) is 0 Å². The molecule has 1 aliphatic carbocycles. The van der Waals surface area contributed by atoms with Crippen LogP contribution >= 0.6 is 0 Å². The van der Waals surface area contributed by atoms with Gasteiger partial charge in [-0.25, -0.2) is 0 Å². The molecule has 0 saturated heterocycles. The zero-order valence-electron chi connectivity index (χ0n) is 8.66. The lowest BCUT2D eigenvalue weighted by Crippen LogP contribution is -2.10. The molecule has 1 aliphatic rings. The Balaban J connectivity index is 2.38. The van der Waals surface area contributed by atoms with E-state index in [9.17, 15) is 5.11 Å². The van der Waals surface area contributed by atoms with Crippen LogP contribution < -0.4 is 0 Å². The van der Waals surface area contributed by atoms with Crippen molar-refractivity contribution in [1.29, 1.82) is 0 Å². The van der Waals surface area contributed by atoms with Crippen molar-refractivity contribution in [2.45, 2.75) is 31.5 Å². The summed E-state index contributed by atoms with van der Waals surface area (Å²) in [5, 5.41) is 10.1. The van der Waals surface area contributed by atoms with Crippen LogP contribution in [-0.4, -0.2) is 12.2 Å². The Morgan fingerprint density at radius 1 is 1.36 bits per heavy atom. The van der Waals surface area contributed by atoms with Gasteiger partial charge in [0.15, 0.2) is 0 Å². The maximum Gasteiger partial charge on any atom is 0.0902 e. The molecule has 1 atom stereocenters. The topological polar surface area (TPSA) is 29.5 Å². The SMILES string of the molecule is COC(C)c1ccccc1C1(O)CC1. The molecule has 76 valence electrons. The monoisotopic (exact) mass is 192 g/mol. The van der Waals surface area contributed by atoms with Gasteiger partial charge >= 0.3 is 0 Å². The summed E-state index contributed by atoms with van der Waals surface area (Å²) < 4.78 is 5.29. The third-order valence-electron chi connectivity index (χ3n) is 2.98. The van der Waals surface area contributed by atoms with Crippen LogP contribution in [0, 0.1) is 0 Å². The van der Waals surface area contributed by atoms with E-state index >= 15 is 0 Å². The van der Waals surface area contributed by atoms with Crippen molar-refractivity contribution in [2.75, 3.05) is 7.11 Å². The molecule has 1 aromatic rings. The molecule has 2 rings (SSSR count). The first-order valence-electron chi connectivity index (χ1n) is 5.02. The van der Waals surface area contributed by atoms with Crippen LogP contribution in [0.1, 0.15) is 37.0 Å². The van der Waals surface area contributed by atoms with Crippen LogP contribution in [0.2, 0.25) is 0 Å². The lowest BCUT2D eigenvalue weighted by molar-refractivity contribution is 0.108. The minimum atomic E-state index is -0.566. The van der Waals surface area contributed by atoms with Gasteiger partial charge in [0.1, 0.15) is 0 Å². The van der Waals surface area contributed by atoms with Crippen LogP contribution in [-0.2, 0) is 10.3 Å². The van der Waals surface area contributed by atoms with Gasteiger partial charge in [-0.1, -0.05) is 24.3 Å². The summed E-state index contributed by atoms with van der Waals surface area (Å²) in [7, 11) is 1.69. The molecule has 14 heavy (non-hydrogen) atoms. The van der Waals surface area contributed by atoms with Gasteiger partial charge < -0.3 is 9.84 Å². The highest BCUT2D eigenvalue weighted by molar-refractivity contribution is 5.37. The van der Waals surface area contributed by atoms with Crippen LogP contribution in [0.25, 0.3) is 0 Å². The van der Waals surface area contributed by atoms with E-state index in [-0.39, 0.29) is 6.10 Å². The van der Waals surface area contributed by atoms with Crippen molar-refractivity contribution in [1.82, 2.24) is 0 Å². The average molecular weight is 192 g/mol. The summed E-state index contributed by atoms with van der Waals surface area (Å²) in [6.07, 6.45) is 1.80. The highest BCUT2D eigenvalue weighted by Gasteiger charge is 2.43. The molecule has 0 spiro atoms. The van der Waals surface area contributed by atoms with Crippen LogP contribution in [0.4, 0.5) is 0 Å². The number of methoxy groups -OCH3 is 1. The zero-order chi connectivity index (χ0) is 10.2. The average Bonchev–Trinajstić information content (AvgIpc) is 2.97. The molecule has 0 aliphatic heterocycles. The number of hydrogen-bond acceptors (Lipinski definition) is 2. The summed E-state index contributed by atoms with van der Waals surface area (Å²) in [6, 6.07) is 7.98. The van der Waals surface area contributed by atoms with Gasteiger partial charge in [-0.2, -0.15) is 0 Å². The van der Waals surface area contributed by atoms with Crippen molar-refractivity contribution in [3.63, 3.8) is 0 Å². The smallest absolute Gasteiger partial charge is 0.0902 e. The van der Waals surface area contributed by atoms with E-state index in [0.717, 1.165) is 24.0 Å². The van der Waals surface area contributed by atoms with Crippen molar-refractivity contribution in [3.05, 3.63) is 35.4 Å². The fraction of sp³-hybridized carbons (Fsp3) is 0.500. The second kappa shape index (κ2) is 3.37. The molecule has 1 aromatic carbocycles. The molecule has 0 aromatic heterocycles. The second-order valence-electron chi connectivity index (χ2n) is 4.00. The number of rotatable bonds is 3. The van der Waals surface area contributed by atoms with E-state index in [4.69, 9.17) is 4.74 Å². The Morgan fingerprint density at radius 3 is 2.57 bits per heavy atom. The molecule has 1 fully saturated rings. The Kier molecular flexibility index (Phi) is 2.33. The molecule has 0 bridgehead atoms. The van der Waals surface area contributed by atoms with Gasteiger partial charge in [0.2, 0.25) is 0 Å². The van der Waals surface area contributed by atoms with Gasteiger partial charge in [-0.05, 0) is 30.9 Å². The van der Waals surface area contributed by atoms with Gasteiger partial charge in [0.05, 0.1) is 11.7 Å². The van der Waals surface area contributed by atoms with E-state index < -0.39 is 5.60 Å². The Morgan fingerprint density at radius 2 is 2.00 bits per heavy atom. The highest BCUT2D eigenvalue weighted by atomic mass is 16.5. The highest BCUT2D eigenvalue weighted by Crippen LogP contribution is 2.47. The van der Waals surface area contributed by atoms with Crippen LogP contribution in [0.3, 0.4) is 0 Å². The summed E-state index contributed by atoms with van der Waals surface area (Å²) in [4.78, 5) is 0. The molecule has 1 unspecified atom stereocenters. The van der Waals surface area contributed by atoms with Crippen molar-refractivity contribution in [3.8, 4) is 0 Å². The summed E-state index contributed by atoms with van der Waals surface area (Å²) in [6.45, 7) is 2.00. The first-order valence-corrected chi connectivity index (χ1v) is 5.02. The minimum absolute atomic E-state index is 0.0517. The second-order valence-corrected chi connectivity index (χ2v) is 4.00. The van der Waals surface area contributed by atoms with Gasteiger partial charge in [0.25, 0.3) is 0 Å².